The third kappa shape index (κ3) is 4.65. The van der Waals surface area contributed by atoms with Crippen molar-refractivity contribution in [2.24, 2.45) is 5.92 Å². The third-order valence-electron chi connectivity index (χ3n) is 4.18. The Morgan fingerprint density at radius 3 is 2.61 bits per heavy atom. The Balaban J connectivity index is 1.87. The molecule has 1 fully saturated rings. The second kappa shape index (κ2) is 7.75. The molecule has 7 heteroatoms. The van der Waals surface area contributed by atoms with Gasteiger partial charge in [-0.3, -0.25) is 14.5 Å². The van der Waals surface area contributed by atoms with E-state index in [1.807, 2.05) is 4.90 Å². The number of benzene rings is 1. The summed E-state index contributed by atoms with van der Waals surface area (Å²) in [5.74, 6) is -1.67. The molecule has 1 heterocycles. The predicted octanol–water partition coefficient (Wildman–Crippen LogP) is 2.23. The van der Waals surface area contributed by atoms with Gasteiger partial charge in [0.1, 0.15) is 5.82 Å². The third-order valence-corrected chi connectivity index (χ3v) is 4.53. The minimum absolute atomic E-state index is 0.107. The van der Waals surface area contributed by atoms with Crippen LogP contribution in [0.3, 0.4) is 0 Å². The number of carboxylic acids is 1. The average molecular weight is 343 g/mol. The number of amides is 1. The lowest BCUT2D eigenvalue weighted by Gasteiger charge is -2.30. The SMILES string of the molecule is CN(Cc1c(F)cccc1Cl)C(=O)CN1CCC(C(=O)O)CC1. The summed E-state index contributed by atoms with van der Waals surface area (Å²) >= 11 is 5.97. The monoisotopic (exact) mass is 342 g/mol. The Bertz CT molecular complexity index is 568. The molecule has 0 bridgehead atoms. The van der Waals surface area contributed by atoms with Crippen LogP contribution in [0.1, 0.15) is 18.4 Å². The summed E-state index contributed by atoms with van der Waals surface area (Å²) in [6.07, 6.45) is 1.09. The Morgan fingerprint density at radius 2 is 2.04 bits per heavy atom. The highest BCUT2D eigenvalue weighted by atomic mass is 35.5. The summed E-state index contributed by atoms with van der Waals surface area (Å²) in [6.45, 7) is 1.47. The first kappa shape index (κ1) is 17.7. The van der Waals surface area contributed by atoms with E-state index in [1.165, 1.54) is 17.0 Å². The van der Waals surface area contributed by atoms with E-state index < -0.39 is 11.8 Å². The lowest BCUT2D eigenvalue weighted by Crippen LogP contribution is -2.43. The fraction of sp³-hybridized carbons (Fsp3) is 0.500. The zero-order valence-corrected chi connectivity index (χ0v) is 13.7. The van der Waals surface area contributed by atoms with Crippen molar-refractivity contribution in [3.8, 4) is 0 Å². The molecule has 126 valence electrons. The molecule has 0 atom stereocenters. The molecule has 0 aromatic heterocycles. The van der Waals surface area contributed by atoms with Crippen molar-refractivity contribution in [3.05, 3.63) is 34.6 Å². The van der Waals surface area contributed by atoms with Crippen LogP contribution in [0.4, 0.5) is 4.39 Å². The second-order valence-electron chi connectivity index (χ2n) is 5.84. The fourth-order valence-electron chi connectivity index (χ4n) is 2.66. The van der Waals surface area contributed by atoms with Crippen LogP contribution in [0.5, 0.6) is 0 Å². The number of likely N-dealkylation sites (tertiary alicyclic amines) is 1. The van der Waals surface area contributed by atoms with Crippen LogP contribution in [0.2, 0.25) is 5.02 Å². The topological polar surface area (TPSA) is 60.9 Å². The van der Waals surface area contributed by atoms with E-state index in [4.69, 9.17) is 16.7 Å². The number of carboxylic acid groups (broad SMARTS) is 1. The van der Waals surface area contributed by atoms with Crippen LogP contribution in [0.25, 0.3) is 0 Å². The van der Waals surface area contributed by atoms with Crippen molar-refractivity contribution >= 4 is 23.5 Å². The van der Waals surface area contributed by atoms with Crippen LogP contribution in [-0.2, 0) is 16.1 Å². The Labute approximate surface area is 139 Å². The highest BCUT2D eigenvalue weighted by molar-refractivity contribution is 6.31. The molecule has 0 unspecified atom stereocenters. The van der Waals surface area contributed by atoms with Crippen LogP contribution < -0.4 is 0 Å². The number of nitrogens with zero attached hydrogens (tertiary/aromatic N) is 2. The standard InChI is InChI=1S/C16H20ClFN2O3/c1-19(9-12-13(17)3-2-4-14(12)18)15(21)10-20-7-5-11(6-8-20)16(22)23/h2-4,11H,5-10H2,1H3,(H,22,23). The molecule has 0 radical (unpaired) electrons. The highest BCUT2D eigenvalue weighted by Crippen LogP contribution is 2.21. The van der Waals surface area contributed by atoms with Crippen molar-refractivity contribution in [1.82, 2.24) is 9.80 Å². The molecule has 1 N–H and O–H groups in total. The van der Waals surface area contributed by atoms with Gasteiger partial charge in [-0.25, -0.2) is 4.39 Å². The van der Waals surface area contributed by atoms with Crippen molar-refractivity contribution in [1.29, 1.82) is 0 Å². The van der Waals surface area contributed by atoms with E-state index in [0.29, 0.717) is 36.5 Å². The van der Waals surface area contributed by atoms with Gasteiger partial charge in [0, 0.05) is 24.2 Å². The predicted molar refractivity (Wildman–Crippen MR) is 84.7 cm³/mol. The van der Waals surface area contributed by atoms with Gasteiger partial charge in [0.15, 0.2) is 0 Å². The highest BCUT2D eigenvalue weighted by Gasteiger charge is 2.26. The maximum Gasteiger partial charge on any atom is 0.306 e. The summed E-state index contributed by atoms with van der Waals surface area (Å²) in [7, 11) is 1.61. The Hall–Kier alpha value is -1.66. The minimum atomic E-state index is -0.776. The molecule has 0 saturated carbocycles. The zero-order chi connectivity index (χ0) is 17.0. The molecule has 1 saturated heterocycles. The smallest absolute Gasteiger partial charge is 0.306 e. The van der Waals surface area contributed by atoms with E-state index >= 15 is 0 Å². The average Bonchev–Trinajstić information content (AvgIpc) is 2.51. The first-order chi connectivity index (χ1) is 10.9. The Kier molecular flexibility index (Phi) is 5.96. The van der Waals surface area contributed by atoms with E-state index in [-0.39, 0.29) is 24.9 Å². The quantitative estimate of drug-likeness (QED) is 0.891. The van der Waals surface area contributed by atoms with Crippen LogP contribution >= 0.6 is 11.6 Å². The number of hydrogen-bond donors (Lipinski definition) is 1. The maximum absolute atomic E-state index is 13.8. The van der Waals surface area contributed by atoms with Crippen LogP contribution in [-0.4, -0.2) is 53.5 Å². The van der Waals surface area contributed by atoms with Gasteiger partial charge in [0.05, 0.1) is 12.5 Å². The molecule has 2 rings (SSSR count). The number of piperidine rings is 1. The number of likely N-dealkylation sites (N-methyl/N-ethyl adjacent to an activating group) is 1. The molecule has 0 aliphatic carbocycles. The van der Waals surface area contributed by atoms with E-state index in [0.717, 1.165) is 0 Å². The zero-order valence-electron chi connectivity index (χ0n) is 13.0. The molecule has 1 aromatic rings. The number of carbonyl (C=O) groups excluding carboxylic acids is 1. The molecule has 1 aromatic carbocycles. The molecule has 0 spiro atoms. The van der Waals surface area contributed by atoms with Gasteiger partial charge >= 0.3 is 5.97 Å². The fourth-order valence-corrected chi connectivity index (χ4v) is 2.88. The van der Waals surface area contributed by atoms with Gasteiger partial charge in [0.25, 0.3) is 0 Å². The number of rotatable bonds is 5. The maximum atomic E-state index is 13.8. The lowest BCUT2D eigenvalue weighted by molar-refractivity contribution is -0.143. The van der Waals surface area contributed by atoms with Gasteiger partial charge in [0.2, 0.25) is 5.91 Å². The van der Waals surface area contributed by atoms with Crippen LogP contribution in [0.15, 0.2) is 18.2 Å². The van der Waals surface area contributed by atoms with Crippen molar-refractivity contribution < 1.29 is 19.1 Å². The van der Waals surface area contributed by atoms with Gasteiger partial charge in [-0.05, 0) is 38.1 Å². The van der Waals surface area contributed by atoms with Crippen LogP contribution in [0, 0.1) is 11.7 Å². The molecule has 1 amide bonds. The van der Waals surface area contributed by atoms with E-state index in [1.54, 1.807) is 13.1 Å². The summed E-state index contributed by atoms with van der Waals surface area (Å²) in [5, 5.41) is 9.27. The van der Waals surface area contributed by atoms with Gasteiger partial charge < -0.3 is 10.0 Å². The number of aliphatic carboxylic acids is 1. The molecular weight excluding hydrogens is 323 g/mol. The molecular formula is C16H20ClFN2O3. The number of halogens is 2. The normalized spacial score (nSPS) is 16.3. The molecule has 5 nitrogen and oxygen atoms in total. The van der Waals surface area contributed by atoms with E-state index in [2.05, 4.69) is 0 Å². The van der Waals surface area contributed by atoms with Gasteiger partial charge in [-0.1, -0.05) is 17.7 Å². The largest absolute Gasteiger partial charge is 0.481 e. The van der Waals surface area contributed by atoms with Crippen molar-refractivity contribution in [3.63, 3.8) is 0 Å². The lowest BCUT2D eigenvalue weighted by atomic mass is 9.97. The first-order valence-corrected chi connectivity index (χ1v) is 7.88. The summed E-state index contributed by atoms with van der Waals surface area (Å²) < 4.78 is 13.8. The minimum Gasteiger partial charge on any atom is -0.481 e. The van der Waals surface area contributed by atoms with Crippen molar-refractivity contribution in [2.75, 3.05) is 26.7 Å². The van der Waals surface area contributed by atoms with Gasteiger partial charge in [-0.2, -0.15) is 0 Å². The number of carbonyl (C=O) groups is 2. The Morgan fingerprint density at radius 1 is 1.39 bits per heavy atom. The second-order valence-corrected chi connectivity index (χ2v) is 6.25. The van der Waals surface area contributed by atoms with Gasteiger partial charge in [-0.15, -0.1) is 0 Å². The first-order valence-electron chi connectivity index (χ1n) is 7.50. The summed E-state index contributed by atoms with van der Waals surface area (Å²) in [6, 6.07) is 4.43. The molecule has 23 heavy (non-hydrogen) atoms. The molecule has 1 aliphatic rings. The summed E-state index contributed by atoms with van der Waals surface area (Å²) in [4.78, 5) is 26.5. The molecule has 1 aliphatic heterocycles. The van der Waals surface area contributed by atoms with E-state index in [9.17, 15) is 14.0 Å². The number of hydrogen-bond acceptors (Lipinski definition) is 3. The van der Waals surface area contributed by atoms with Crippen molar-refractivity contribution in [2.45, 2.75) is 19.4 Å². The summed E-state index contributed by atoms with van der Waals surface area (Å²) in [5.41, 5.74) is 0.301.